The molecular formula is C17H22BrNO2. The summed E-state index contributed by atoms with van der Waals surface area (Å²) >= 11 is 3.63. The number of benzene rings is 2. The molecule has 0 aliphatic heterocycles. The molecule has 2 aromatic carbocycles. The van der Waals surface area contributed by atoms with Crippen LogP contribution in [0.4, 0.5) is 0 Å². The fraction of sp³-hybridized carbons (Fsp3) is 0.412. The lowest BCUT2D eigenvalue weighted by atomic mass is 10.1. The minimum atomic E-state index is -0.283. The van der Waals surface area contributed by atoms with Crippen molar-refractivity contribution in [2.75, 3.05) is 19.7 Å². The fourth-order valence-corrected chi connectivity index (χ4v) is 2.78. The van der Waals surface area contributed by atoms with E-state index in [0.29, 0.717) is 13.2 Å². The van der Waals surface area contributed by atoms with Crippen molar-refractivity contribution in [2.45, 2.75) is 25.9 Å². The zero-order valence-corrected chi connectivity index (χ0v) is 13.9. The smallest absolute Gasteiger partial charge is 0.134 e. The Kier molecular flexibility index (Phi) is 6.49. The summed E-state index contributed by atoms with van der Waals surface area (Å²) in [6.45, 7) is 4.05. The van der Waals surface area contributed by atoms with Gasteiger partial charge in [0.1, 0.15) is 5.75 Å². The number of unbranched alkanes of at least 4 members (excludes halogenated alkanes) is 1. The van der Waals surface area contributed by atoms with E-state index in [2.05, 4.69) is 39.4 Å². The van der Waals surface area contributed by atoms with E-state index in [9.17, 15) is 0 Å². The lowest BCUT2D eigenvalue weighted by Gasteiger charge is -2.11. The molecule has 0 spiro atoms. The van der Waals surface area contributed by atoms with Crippen LogP contribution < -0.4 is 10.1 Å². The maximum absolute atomic E-state index is 9.13. The quantitative estimate of drug-likeness (QED) is 0.712. The molecule has 0 radical (unpaired) electrons. The van der Waals surface area contributed by atoms with Crippen LogP contribution in [0.1, 0.15) is 19.8 Å². The van der Waals surface area contributed by atoms with Crippen molar-refractivity contribution in [3.8, 4) is 5.75 Å². The minimum Gasteiger partial charge on any atom is -0.492 e. The minimum absolute atomic E-state index is 0.283. The number of nitrogens with one attached hydrogen (secondary N) is 1. The normalized spacial score (nSPS) is 12.5. The molecule has 0 aliphatic rings. The van der Waals surface area contributed by atoms with Crippen molar-refractivity contribution in [2.24, 2.45) is 0 Å². The van der Waals surface area contributed by atoms with Crippen LogP contribution in [0.15, 0.2) is 40.9 Å². The average Bonchev–Trinajstić information content (AvgIpc) is 2.48. The van der Waals surface area contributed by atoms with Gasteiger partial charge in [0, 0.05) is 6.54 Å². The molecule has 0 amide bonds. The zero-order chi connectivity index (χ0) is 15.1. The predicted octanol–water partition coefficient (Wildman–Crippen LogP) is 3.73. The second kappa shape index (κ2) is 8.37. The molecular weight excluding hydrogens is 330 g/mol. The summed E-state index contributed by atoms with van der Waals surface area (Å²) in [7, 11) is 0. The van der Waals surface area contributed by atoms with E-state index in [1.165, 1.54) is 10.8 Å². The molecule has 0 saturated carbocycles. The molecule has 3 nitrogen and oxygen atoms in total. The van der Waals surface area contributed by atoms with Crippen LogP contribution in [0.2, 0.25) is 0 Å². The summed E-state index contributed by atoms with van der Waals surface area (Å²) in [5, 5.41) is 14.7. The third kappa shape index (κ3) is 4.99. The molecule has 0 bridgehead atoms. The molecule has 0 heterocycles. The van der Waals surface area contributed by atoms with Gasteiger partial charge in [-0.15, -0.1) is 0 Å². The first-order chi connectivity index (χ1) is 10.2. The van der Waals surface area contributed by atoms with Crippen LogP contribution in [0.25, 0.3) is 10.8 Å². The number of halogens is 1. The molecule has 2 rings (SSSR count). The summed E-state index contributed by atoms with van der Waals surface area (Å²) in [5.74, 6) is 0.894. The number of aliphatic hydroxyl groups is 1. The molecule has 114 valence electrons. The van der Waals surface area contributed by atoms with Crippen LogP contribution >= 0.6 is 15.9 Å². The number of aliphatic hydroxyl groups excluding tert-OH is 1. The van der Waals surface area contributed by atoms with Crippen molar-refractivity contribution in [1.29, 1.82) is 0 Å². The molecule has 0 unspecified atom stereocenters. The third-order valence-corrected chi connectivity index (χ3v) is 4.09. The first-order valence-electron chi connectivity index (χ1n) is 7.37. The van der Waals surface area contributed by atoms with Gasteiger partial charge in [-0.25, -0.2) is 0 Å². The van der Waals surface area contributed by atoms with Crippen LogP contribution in [-0.4, -0.2) is 30.9 Å². The summed E-state index contributed by atoms with van der Waals surface area (Å²) in [4.78, 5) is 0. The number of ether oxygens (including phenoxy) is 1. The standard InChI is InChI=1S/C17H22BrNO2/c1-13(20)12-19-10-4-5-11-21-16-9-8-14-6-2-3-7-15(14)17(16)18/h2-3,6-9,13,19-20H,4-5,10-12H2,1H3/t13-/m0/s1. The van der Waals surface area contributed by atoms with E-state index >= 15 is 0 Å². The van der Waals surface area contributed by atoms with E-state index in [-0.39, 0.29) is 6.10 Å². The maximum atomic E-state index is 9.13. The maximum Gasteiger partial charge on any atom is 0.134 e. The van der Waals surface area contributed by atoms with Gasteiger partial charge in [0.25, 0.3) is 0 Å². The fourth-order valence-electron chi connectivity index (χ4n) is 2.17. The Morgan fingerprint density at radius 1 is 1.19 bits per heavy atom. The van der Waals surface area contributed by atoms with Gasteiger partial charge in [0.05, 0.1) is 17.2 Å². The average molecular weight is 352 g/mol. The molecule has 0 fully saturated rings. The van der Waals surface area contributed by atoms with E-state index in [1.54, 1.807) is 6.92 Å². The first-order valence-corrected chi connectivity index (χ1v) is 8.16. The molecule has 0 aliphatic carbocycles. The highest BCUT2D eigenvalue weighted by molar-refractivity contribution is 9.10. The van der Waals surface area contributed by atoms with E-state index in [4.69, 9.17) is 9.84 Å². The van der Waals surface area contributed by atoms with E-state index in [1.807, 2.05) is 18.2 Å². The molecule has 0 aromatic heterocycles. The monoisotopic (exact) mass is 351 g/mol. The topological polar surface area (TPSA) is 41.5 Å². The van der Waals surface area contributed by atoms with Crippen molar-refractivity contribution in [1.82, 2.24) is 5.32 Å². The van der Waals surface area contributed by atoms with Crippen molar-refractivity contribution < 1.29 is 9.84 Å². The van der Waals surface area contributed by atoms with Crippen LogP contribution in [0.3, 0.4) is 0 Å². The lowest BCUT2D eigenvalue weighted by Crippen LogP contribution is -2.25. The van der Waals surface area contributed by atoms with Gasteiger partial charge in [-0.2, -0.15) is 0 Å². The van der Waals surface area contributed by atoms with Gasteiger partial charge in [0.15, 0.2) is 0 Å². The molecule has 4 heteroatoms. The molecule has 0 saturated heterocycles. The second-order valence-corrected chi connectivity index (χ2v) is 6.00. The predicted molar refractivity (Wildman–Crippen MR) is 90.9 cm³/mol. The van der Waals surface area contributed by atoms with Crippen LogP contribution in [0, 0.1) is 0 Å². The third-order valence-electron chi connectivity index (χ3n) is 3.27. The highest BCUT2D eigenvalue weighted by Gasteiger charge is 2.05. The van der Waals surface area contributed by atoms with E-state index in [0.717, 1.165) is 29.6 Å². The number of hydrogen-bond acceptors (Lipinski definition) is 3. The lowest BCUT2D eigenvalue weighted by molar-refractivity contribution is 0.191. The number of rotatable bonds is 8. The SMILES string of the molecule is C[C@H](O)CNCCCCOc1ccc2ccccc2c1Br. The van der Waals surface area contributed by atoms with Gasteiger partial charge < -0.3 is 15.2 Å². The Hall–Kier alpha value is -1.10. The van der Waals surface area contributed by atoms with Crippen LogP contribution in [-0.2, 0) is 0 Å². The molecule has 1 atom stereocenters. The van der Waals surface area contributed by atoms with Gasteiger partial charge in [-0.1, -0.05) is 30.3 Å². The van der Waals surface area contributed by atoms with Gasteiger partial charge >= 0.3 is 0 Å². The van der Waals surface area contributed by atoms with Gasteiger partial charge in [0.2, 0.25) is 0 Å². The molecule has 21 heavy (non-hydrogen) atoms. The molecule has 2 aromatic rings. The summed E-state index contributed by atoms with van der Waals surface area (Å²) < 4.78 is 6.87. The summed E-state index contributed by atoms with van der Waals surface area (Å²) in [6.07, 6.45) is 1.75. The van der Waals surface area contributed by atoms with Gasteiger partial charge in [-0.05, 0) is 59.1 Å². The van der Waals surface area contributed by atoms with Crippen molar-refractivity contribution >= 4 is 26.7 Å². The number of hydrogen-bond donors (Lipinski definition) is 2. The Labute approximate surface area is 134 Å². The largest absolute Gasteiger partial charge is 0.492 e. The zero-order valence-electron chi connectivity index (χ0n) is 12.3. The van der Waals surface area contributed by atoms with Crippen molar-refractivity contribution in [3.63, 3.8) is 0 Å². The highest BCUT2D eigenvalue weighted by atomic mass is 79.9. The Balaban J connectivity index is 1.77. The Morgan fingerprint density at radius 3 is 2.81 bits per heavy atom. The molecule has 2 N–H and O–H groups in total. The second-order valence-electron chi connectivity index (χ2n) is 5.21. The van der Waals surface area contributed by atoms with E-state index < -0.39 is 0 Å². The Morgan fingerprint density at radius 2 is 2.00 bits per heavy atom. The number of fused-ring (bicyclic) bond motifs is 1. The van der Waals surface area contributed by atoms with Crippen LogP contribution in [0.5, 0.6) is 5.75 Å². The van der Waals surface area contributed by atoms with Gasteiger partial charge in [-0.3, -0.25) is 0 Å². The summed E-state index contributed by atoms with van der Waals surface area (Å²) in [6, 6.07) is 12.3. The first kappa shape index (κ1) is 16.3. The summed E-state index contributed by atoms with van der Waals surface area (Å²) in [5.41, 5.74) is 0. The van der Waals surface area contributed by atoms with Crippen molar-refractivity contribution in [3.05, 3.63) is 40.9 Å². The Bertz CT molecular complexity index is 572. The highest BCUT2D eigenvalue weighted by Crippen LogP contribution is 2.33.